The van der Waals surface area contributed by atoms with Crippen LogP contribution in [0.3, 0.4) is 0 Å². The zero-order valence-corrected chi connectivity index (χ0v) is 5.87. The number of nitrogens with zero attached hydrogens (tertiary/aromatic N) is 1. The van der Waals surface area contributed by atoms with Crippen LogP contribution in [0, 0.1) is 11.3 Å². The van der Waals surface area contributed by atoms with E-state index >= 15 is 0 Å². The zero-order valence-electron chi connectivity index (χ0n) is 5.06. The van der Waals surface area contributed by atoms with Gasteiger partial charge in [0.15, 0.2) is 0 Å². The number of hydrogen-bond donors (Lipinski definition) is 3. The largest absolute Gasteiger partial charge is 0.394 e. The Balaban J connectivity index is -0.0000000910. The predicted molar refractivity (Wildman–Crippen MR) is 35.0 cm³/mol. The molecular formula is C3H8N2O4S. The molecule has 0 aliphatic heterocycles. The summed E-state index contributed by atoms with van der Waals surface area (Å²) in [6.07, 6.45) is 1.18. The quantitative estimate of drug-likeness (QED) is 0.349. The molecular weight excluding hydrogens is 160 g/mol. The van der Waals surface area contributed by atoms with E-state index < -0.39 is 10.4 Å². The van der Waals surface area contributed by atoms with Gasteiger partial charge in [-0.25, -0.2) is 0 Å². The van der Waals surface area contributed by atoms with Crippen molar-refractivity contribution in [3.8, 4) is 6.07 Å². The Morgan fingerprint density at radius 3 is 1.60 bits per heavy atom. The maximum atomic E-state index is 8.74. The molecule has 0 bridgehead atoms. The van der Waals surface area contributed by atoms with Gasteiger partial charge in [0.25, 0.3) is 0 Å². The summed E-state index contributed by atoms with van der Waals surface area (Å²) in [6.45, 7) is 3.12. The summed E-state index contributed by atoms with van der Waals surface area (Å²) in [5.74, 6) is 0. The first-order chi connectivity index (χ1) is 3.91. The van der Waals surface area contributed by atoms with Gasteiger partial charge in [0, 0.05) is 6.08 Å². The Kier molecular flexibility index (Phi) is 12.9. The molecule has 0 atom stereocenters. The maximum Gasteiger partial charge on any atom is 0.394 e. The molecule has 60 valence electrons. The number of nitriles is 1. The molecule has 0 aliphatic rings. The SMILES string of the molecule is C=CC#N.N.O=S(=O)(O)O. The third kappa shape index (κ3) is 72000. The van der Waals surface area contributed by atoms with E-state index in [0.29, 0.717) is 0 Å². The highest BCUT2D eigenvalue weighted by molar-refractivity contribution is 7.79. The van der Waals surface area contributed by atoms with E-state index in [2.05, 4.69) is 6.58 Å². The van der Waals surface area contributed by atoms with Crippen molar-refractivity contribution in [2.24, 2.45) is 0 Å². The molecule has 0 aromatic rings. The van der Waals surface area contributed by atoms with Gasteiger partial charge in [-0.1, -0.05) is 6.58 Å². The van der Waals surface area contributed by atoms with E-state index in [-0.39, 0.29) is 6.15 Å². The van der Waals surface area contributed by atoms with Crippen LogP contribution >= 0.6 is 0 Å². The Morgan fingerprint density at radius 2 is 1.60 bits per heavy atom. The summed E-state index contributed by atoms with van der Waals surface area (Å²) >= 11 is 0. The van der Waals surface area contributed by atoms with Crippen molar-refractivity contribution in [1.82, 2.24) is 6.15 Å². The Bertz CT molecular complexity index is 193. The van der Waals surface area contributed by atoms with Gasteiger partial charge in [-0.3, -0.25) is 9.11 Å². The lowest BCUT2D eigenvalue weighted by Crippen LogP contribution is -1.89. The van der Waals surface area contributed by atoms with Crippen LogP contribution in [0.4, 0.5) is 0 Å². The van der Waals surface area contributed by atoms with Gasteiger partial charge in [-0.05, 0) is 0 Å². The molecule has 0 rings (SSSR count). The van der Waals surface area contributed by atoms with Gasteiger partial charge in [-0.2, -0.15) is 13.7 Å². The van der Waals surface area contributed by atoms with Crippen LogP contribution in [0.15, 0.2) is 12.7 Å². The fraction of sp³-hybridized carbons (Fsp3) is 0. The summed E-state index contributed by atoms with van der Waals surface area (Å²) < 4.78 is 31.6. The maximum absolute atomic E-state index is 8.74. The molecule has 0 heterocycles. The van der Waals surface area contributed by atoms with E-state index in [9.17, 15) is 0 Å². The molecule has 0 aromatic carbocycles. The third-order valence-corrected chi connectivity index (χ3v) is 0.0913. The van der Waals surface area contributed by atoms with E-state index in [0.717, 1.165) is 0 Å². The van der Waals surface area contributed by atoms with Gasteiger partial charge >= 0.3 is 10.4 Å². The summed E-state index contributed by atoms with van der Waals surface area (Å²) in [5.41, 5.74) is 0. The Labute approximate surface area is 58.9 Å². The number of rotatable bonds is 0. The summed E-state index contributed by atoms with van der Waals surface area (Å²) in [4.78, 5) is 0. The minimum atomic E-state index is -4.67. The highest BCUT2D eigenvalue weighted by Gasteiger charge is 1.84. The standard InChI is InChI=1S/C3H3N.H3N.H2O4S/c1-2-3-4;;1-5(2,3)4/h2H,1H2;1H3;(H2,1,2,3,4). The van der Waals surface area contributed by atoms with Crippen molar-refractivity contribution in [3.05, 3.63) is 12.7 Å². The molecule has 0 spiro atoms. The van der Waals surface area contributed by atoms with Crippen LogP contribution in [0.5, 0.6) is 0 Å². The zero-order chi connectivity index (χ0) is 7.91. The van der Waals surface area contributed by atoms with Gasteiger partial charge in [0.05, 0.1) is 6.07 Å². The molecule has 0 radical (unpaired) electrons. The second-order valence-corrected chi connectivity index (χ2v) is 1.68. The molecule has 7 heteroatoms. The van der Waals surface area contributed by atoms with Gasteiger partial charge in [0.1, 0.15) is 0 Å². The fourth-order valence-corrected chi connectivity index (χ4v) is 0. The van der Waals surface area contributed by atoms with Crippen molar-refractivity contribution < 1.29 is 17.5 Å². The average molecular weight is 168 g/mol. The summed E-state index contributed by atoms with van der Waals surface area (Å²) in [5, 5.41) is 7.51. The van der Waals surface area contributed by atoms with Crippen LogP contribution in [0.1, 0.15) is 0 Å². The van der Waals surface area contributed by atoms with Gasteiger partial charge in [-0.15, -0.1) is 0 Å². The highest BCUT2D eigenvalue weighted by atomic mass is 32.3. The first kappa shape index (κ1) is 16.0. The Morgan fingerprint density at radius 1 is 1.50 bits per heavy atom. The number of hydrogen-bond acceptors (Lipinski definition) is 4. The van der Waals surface area contributed by atoms with E-state index in [1.165, 1.54) is 6.08 Å². The smallest absolute Gasteiger partial charge is 0.344 e. The predicted octanol–water partition coefficient (Wildman–Crippen LogP) is 0.205. The molecule has 0 fully saturated rings. The van der Waals surface area contributed by atoms with Crippen LogP contribution in [0.25, 0.3) is 0 Å². The molecule has 10 heavy (non-hydrogen) atoms. The van der Waals surface area contributed by atoms with E-state index in [4.69, 9.17) is 22.8 Å². The lowest BCUT2D eigenvalue weighted by atomic mass is 10.8. The molecule has 0 unspecified atom stereocenters. The second-order valence-electron chi connectivity index (χ2n) is 0.781. The second kappa shape index (κ2) is 8.06. The molecule has 5 N–H and O–H groups in total. The van der Waals surface area contributed by atoms with Crippen LogP contribution in [0.2, 0.25) is 0 Å². The van der Waals surface area contributed by atoms with Crippen LogP contribution < -0.4 is 6.15 Å². The minimum Gasteiger partial charge on any atom is -0.344 e. The monoisotopic (exact) mass is 168 g/mol. The highest BCUT2D eigenvalue weighted by Crippen LogP contribution is 1.59. The van der Waals surface area contributed by atoms with Crippen LogP contribution in [-0.2, 0) is 10.4 Å². The molecule has 0 saturated carbocycles. The molecule has 0 amide bonds. The molecule has 0 aromatic heterocycles. The van der Waals surface area contributed by atoms with Crippen LogP contribution in [-0.4, -0.2) is 17.5 Å². The van der Waals surface area contributed by atoms with Gasteiger partial charge < -0.3 is 6.15 Å². The third-order valence-electron chi connectivity index (χ3n) is 0.0913. The van der Waals surface area contributed by atoms with Crippen molar-refractivity contribution in [2.75, 3.05) is 0 Å². The number of allylic oxidation sites excluding steroid dienone is 1. The lowest BCUT2D eigenvalue weighted by Gasteiger charge is -1.68. The lowest BCUT2D eigenvalue weighted by molar-refractivity contribution is 0.381. The Hall–Kier alpha value is -0.940. The van der Waals surface area contributed by atoms with Crippen molar-refractivity contribution in [3.63, 3.8) is 0 Å². The first-order valence-electron chi connectivity index (χ1n) is 1.62. The minimum absolute atomic E-state index is 0. The van der Waals surface area contributed by atoms with E-state index in [1.807, 2.05) is 0 Å². The molecule has 6 nitrogen and oxygen atoms in total. The van der Waals surface area contributed by atoms with E-state index in [1.54, 1.807) is 6.07 Å². The fourth-order valence-electron chi connectivity index (χ4n) is 0. The average Bonchev–Trinajstić information content (AvgIpc) is 1.61. The first-order valence-corrected chi connectivity index (χ1v) is 3.02. The normalized spacial score (nSPS) is 7.30. The van der Waals surface area contributed by atoms with Crippen molar-refractivity contribution in [2.45, 2.75) is 0 Å². The van der Waals surface area contributed by atoms with Gasteiger partial charge in [0.2, 0.25) is 0 Å². The topological polar surface area (TPSA) is 133 Å². The summed E-state index contributed by atoms with van der Waals surface area (Å²) in [6, 6.07) is 1.69. The molecule has 0 saturated heterocycles. The van der Waals surface area contributed by atoms with Crippen molar-refractivity contribution in [1.29, 1.82) is 5.26 Å². The van der Waals surface area contributed by atoms with Crippen molar-refractivity contribution >= 4 is 10.4 Å². The molecule has 0 aliphatic carbocycles. The summed E-state index contributed by atoms with van der Waals surface area (Å²) in [7, 11) is -4.67.